The van der Waals surface area contributed by atoms with Crippen LogP contribution in [0.5, 0.6) is 0 Å². The molecule has 1 atom stereocenters. The second-order valence-corrected chi connectivity index (χ2v) is 4.22. The summed E-state index contributed by atoms with van der Waals surface area (Å²) in [5.74, 6) is 0.521. The standard InChI is InChI=1S/C12H20N2O/c1-4-5-9(2)8-14-10(3)11(13)6-7-12(14)15/h6-7,9H,4-5,8,13H2,1-3H3. The number of nitrogen functional groups attached to an aromatic ring is 1. The lowest BCUT2D eigenvalue weighted by atomic mass is 10.1. The zero-order valence-corrected chi connectivity index (χ0v) is 9.79. The van der Waals surface area contributed by atoms with Crippen molar-refractivity contribution in [3.8, 4) is 0 Å². The molecule has 0 aliphatic rings. The number of aromatic nitrogens is 1. The minimum absolute atomic E-state index is 0.0460. The molecule has 0 spiro atoms. The van der Waals surface area contributed by atoms with E-state index in [1.165, 1.54) is 0 Å². The first-order valence-electron chi connectivity index (χ1n) is 5.52. The number of pyridine rings is 1. The van der Waals surface area contributed by atoms with Crippen molar-refractivity contribution in [1.82, 2.24) is 4.57 Å². The van der Waals surface area contributed by atoms with Gasteiger partial charge in [0.2, 0.25) is 0 Å². The Kier molecular flexibility index (Phi) is 3.95. The van der Waals surface area contributed by atoms with Crippen molar-refractivity contribution in [2.75, 3.05) is 5.73 Å². The molecule has 1 rings (SSSR count). The van der Waals surface area contributed by atoms with Gasteiger partial charge in [-0.25, -0.2) is 0 Å². The lowest BCUT2D eigenvalue weighted by Gasteiger charge is -2.16. The van der Waals surface area contributed by atoms with E-state index in [1.54, 1.807) is 16.7 Å². The van der Waals surface area contributed by atoms with E-state index in [-0.39, 0.29) is 5.56 Å². The van der Waals surface area contributed by atoms with Crippen LogP contribution in [0.25, 0.3) is 0 Å². The van der Waals surface area contributed by atoms with Crippen molar-refractivity contribution in [2.24, 2.45) is 5.92 Å². The molecule has 2 N–H and O–H groups in total. The zero-order chi connectivity index (χ0) is 11.4. The van der Waals surface area contributed by atoms with E-state index in [2.05, 4.69) is 13.8 Å². The van der Waals surface area contributed by atoms with Gasteiger partial charge in [0.05, 0.1) is 5.69 Å². The molecule has 0 amide bonds. The summed E-state index contributed by atoms with van der Waals surface area (Å²) in [5, 5.41) is 0. The number of hydrogen-bond donors (Lipinski definition) is 1. The maximum absolute atomic E-state index is 11.6. The maximum Gasteiger partial charge on any atom is 0.250 e. The van der Waals surface area contributed by atoms with Crippen LogP contribution in [0.15, 0.2) is 16.9 Å². The molecule has 3 nitrogen and oxygen atoms in total. The molecule has 0 saturated carbocycles. The van der Waals surface area contributed by atoms with Crippen molar-refractivity contribution < 1.29 is 0 Å². The average Bonchev–Trinajstić information content (AvgIpc) is 2.19. The van der Waals surface area contributed by atoms with Gasteiger partial charge in [0, 0.05) is 18.3 Å². The highest BCUT2D eigenvalue weighted by Gasteiger charge is 2.07. The third-order valence-corrected chi connectivity index (χ3v) is 2.77. The molecule has 0 aliphatic heterocycles. The van der Waals surface area contributed by atoms with E-state index in [9.17, 15) is 4.79 Å². The first kappa shape index (κ1) is 11.8. The van der Waals surface area contributed by atoms with Crippen molar-refractivity contribution >= 4 is 5.69 Å². The van der Waals surface area contributed by atoms with Gasteiger partial charge in [0.25, 0.3) is 5.56 Å². The summed E-state index contributed by atoms with van der Waals surface area (Å²) in [6, 6.07) is 3.22. The van der Waals surface area contributed by atoms with E-state index in [0.717, 1.165) is 25.1 Å². The minimum atomic E-state index is 0.0460. The summed E-state index contributed by atoms with van der Waals surface area (Å²) >= 11 is 0. The van der Waals surface area contributed by atoms with Crippen LogP contribution in [0.4, 0.5) is 5.69 Å². The van der Waals surface area contributed by atoms with Crippen molar-refractivity contribution in [3.05, 3.63) is 28.2 Å². The van der Waals surface area contributed by atoms with Gasteiger partial charge in [0.1, 0.15) is 0 Å². The largest absolute Gasteiger partial charge is 0.397 e. The predicted octanol–water partition coefficient (Wildman–Crippen LogP) is 2.18. The number of nitrogens with zero attached hydrogens (tertiary/aromatic N) is 1. The zero-order valence-electron chi connectivity index (χ0n) is 9.79. The van der Waals surface area contributed by atoms with Gasteiger partial charge < -0.3 is 10.3 Å². The Hall–Kier alpha value is -1.25. The highest BCUT2D eigenvalue weighted by molar-refractivity contribution is 5.41. The van der Waals surface area contributed by atoms with Crippen molar-refractivity contribution in [2.45, 2.75) is 40.2 Å². The quantitative estimate of drug-likeness (QED) is 0.824. The predicted molar refractivity (Wildman–Crippen MR) is 63.9 cm³/mol. The van der Waals surface area contributed by atoms with Gasteiger partial charge in [-0.15, -0.1) is 0 Å². The van der Waals surface area contributed by atoms with Crippen LogP contribution >= 0.6 is 0 Å². The second kappa shape index (κ2) is 5.01. The lowest BCUT2D eigenvalue weighted by molar-refractivity contribution is 0.433. The fourth-order valence-corrected chi connectivity index (χ4v) is 1.82. The molecule has 1 aromatic heterocycles. The number of hydrogen-bond acceptors (Lipinski definition) is 2. The normalized spacial score (nSPS) is 12.7. The summed E-state index contributed by atoms with van der Waals surface area (Å²) in [6.45, 7) is 6.99. The Morgan fingerprint density at radius 1 is 1.47 bits per heavy atom. The Labute approximate surface area is 90.9 Å². The van der Waals surface area contributed by atoms with Gasteiger partial charge in [0.15, 0.2) is 0 Å². The van der Waals surface area contributed by atoms with Crippen LogP contribution in [-0.4, -0.2) is 4.57 Å². The SMILES string of the molecule is CCCC(C)Cn1c(C)c(N)ccc1=O. The maximum atomic E-state index is 11.6. The Balaban J connectivity index is 2.94. The van der Waals surface area contributed by atoms with Gasteiger partial charge in [-0.1, -0.05) is 20.3 Å². The third kappa shape index (κ3) is 2.85. The van der Waals surface area contributed by atoms with Gasteiger partial charge in [-0.2, -0.15) is 0 Å². The minimum Gasteiger partial charge on any atom is -0.397 e. The smallest absolute Gasteiger partial charge is 0.250 e. The first-order chi connectivity index (χ1) is 7.06. The Morgan fingerprint density at radius 2 is 2.13 bits per heavy atom. The van der Waals surface area contributed by atoms with Crippen molar-refractivity contribution in [1.29, 1.82) is 0 Å². The molecule has 0 saturated heterocycles. The molecule has 0 fully saturated rings. The molecule has 1 unspecified atom stereocenters. The van der Waals surface area contributed by atoms with Gasteiger partial charge in [-0.05, 0) is 25.3 Å². The molecule has 0 radical (unpaired) electrons. The average molecular weight is 208 g/mol. The van der Waals surface area contributed by atoms with E-state index in [1.807, 2.05) is 6.92 Å². The third-order valence-electron chi connectivity index (χ3n) is 2.77. The van der Waals surface area contributed by atoms with E-state index in [0.29, 0.717) is 11.6 Å². The molecule has 1 heterocycles. The highest BCUT2D eigenvalue weighted by Crippen LogP contribution is 2.11. The number of nitrogens with two attached hydrogens (primary N) is 1. The van der Waals surface area contributed by atoms with Crippen LogP contribution in [0.1, 0.15) is 32.4 Å². The molecule has 0 aliphatic carbocycles. The fourth-order valence-electron chi connectivity index (χ4n) is 1.82. The topological polar surface area (TPSA) is 48.0 Å². The fraction of sp³-hybridized carbons (Fsp3) is 0.583. The van der Waals surface area contributed by atoms with Crippen molar-refractivity contribution in [3.63, 3.8) is 0 Å². The highest BCUT2D eigenvalue weighted by atomic mass is 16.1. The van der Waals surface area contributed by atoms with Crippen LogP contribution in [0, 0.1) is 12.8 Å². The molecule has 3 heteroatoms. The Bertz CT molecular complexity index is 382. The van der Waals surface area contributed by atoms with Crippen LogP contribution in [0.3, 0.4) is 0 Å². The van der Waals surface area contributed by atoms with E-state index < -0.39 is 0 Å². The molecular formula is C12H20N2O. The van der Waals surface area contributed by atoms with E-state index >= 15 is 0 Å². The van der Waals surface area contributed by atoms with Crippen LogP contribution in [0.2, 0.25) is 0 Å². The monoisotopic (exact) mass is 208 g/mol. The molecule has 0 aromatic carbocycles. The summed E-state index contributed by atoms with van der Waals surface area (Å²) in [5.41, 5.74) is 7.40. The summed E-state index contributed by atoms with van der Waals surface area (Å²) in [4.78, 5) is 11.6. The summed E-state index contributed by atoms with van der Waals surface area (Å²) in [6.07, 6.45) is 2.29. The van der Waals surface area contributed by atoms with Gasteiger partial charge >= 0.3 is 0 Å². The lowest BCUT2D eigenvalue weighted by Crippen LogP contribution is -2.25. The van der Waals surface area contributed by atoms with Crippen LogP contribution in [-0.2, 0) is 6.54 Å². The Morgan fingerprint density at radius 3 is 2.73 bits per heavy atom. The number of rotatable bonds is 4. The van der Waals surface area contributed by atoms with Crippen LogP contribution < -0.4 is 11.3 Å². The van der Waals surface area contributed by atoms with Gasteiger partial charge in [-0.3, -0.25) is 4.79 Å². The molecule has 0 bridgehead atoms. The summed E-state index contributed by atoms with van der Waals surface area (Å²) < 4.78 is 1.77. The molecule has 1 aromatic rings. The number of anilines is 1. The summed E-state index contributed by atoms with van der Waals surface area (Å²) in [7, 11) is 0. The second-order valence-electron chi connectivity index (χ2n) is 4.22. The van der Waals surface area contributed by atoms with E-state index in [4.69, 9.17) is 5.73 Å². The molecule has 15 heavy (non-hydrogen) atoms. The molecule has 84 valence electrons. The first-order valence-corrected chi connectivity index (χ1v) is 5.52. The molecular weight excluding hydrogens is 188 g/mol.